The molecule has 19 heavy (non-hydrogen) atoms. The van der Waals surface area contributed by atoms with Gasteiger partial charge in [-0.15, -0.1) is 0 Å². The van der Waals surface area contributed by atoms with Gasteiger partial charge in [-0.3, -0.25) is 19.8 Å². The minimum absolute atomic E-state index is 0.0672. The van der Waals surface area contributed by atoms with E-state index in [2.05, 4.69) is 9.98 Å². The molecule has 98 valence electrons. The van der Waals surface area contributed by atoms with Crippen LogP contribution in [-0.2, 0) is 0 Å². The van der Waals surface area contributed by atoms with Gasteiger partial charge in [0, 0.05) is 6.21 Å². The highest BCUT2D eigenvalue weighted by Crippen LogP contribution is 2.15. The molecule has 3 N–H and O–H groups in total. The number of hydrogen-bond acceptors (Lipinski definition) is 4. The summed E-state index contributed by atoms with van der Waals surface area (Å²) in [7, 11) is 0. The average molecular weight is 259 g/mol. The molecule has 0 bridgehead atoms. The van der Waals surface area contributed by atoms with E-state index >= 15 is 0 Å². The van der Waals surface area contributed by atoms with E-state index in [1.807, 2.05) is 42.2 Å². The molecule has 0 unspecified atom stereocenters. The molecule has 6 nitrogen and oxygen atoms in total. The monoisotopic (exact) mass is 259 g/mol. The van der Waals surface area contributed by atoms with Crippen molar-refractivity contribution in [3.8, 4) is 5.88 Å². The maximum absolute atomic E-state index is 11.5. The highest BCUT2D eigenvalue weighted by Gasteiger charge is 2.07. The van der Waals surface area contributed by atoms with Crippen LogP contribution in [0, 0.1) is 0 Å². The predicted octanol–water partition coefficient (Wildman–Crippen LogP) is 0.949. The summed E-state index contributed by atoms with van der Waals surface area (Å²) in [5.74, 6) is -0.488. The van der Waals surface area contributed by atoms with Gasteiger partial charge in [-0.2, -0.15) is 0 Å². The Morgan fingerprint density at radius 1 is 1.21 bits per heavy atom. The van der Waals surface area contributed by atoms with Gasteiger partial charge in [0.05, 0.1) is 6.04 Å². The Balaban J connectivity index is 2.29. The van der Waals surface area contributed by atoms with Gasteiger partial charge in [0.2, 0.25) is 5.88 Å². The molecule has 1 aromatic heterocycles. The van der Waals surface area contributed by atoms with Crippen molar-refractivity contribution >= 4 is 6.21 Å². The first kappa shape index (κ1) is 12.8. The van der Waals surface area contributed by atoms with E-state index in [4.69, 9.17) is 0 Å². The van der Waals surface area contributed by atoms with Crippen LogP contribution >= 0.6 is 0 Å². The van der Waals surface area contributed by atoms with Crippen LogP contribution in [0.2, 0.25) is 0 Å². The summed E-state index contributed by atoms with van der Waals surface area (Å²) in [4.78, 5) is 30.7. The summed E-state index contributed by atoms with van der Waals surface area (Å²) in [5, 5.41) is 9.49. The van der Waals surface area contributed by atoms with Gasteiger partial charge in [-0.25, -0.2) is 4.79 Å². The molecule has 0 amide bonds. The van der Waals surface area contributed by atoms with E-state index in [1.165, 1.54) is 6.21 Å². The third kappa shape index (κ3) is 2.98. The fourth-order valence-corrected chi connectivity index (χ4v) is 1.61. The molecule has 2 rings (SSSR count). The Labute approximate surface area is 108 Å². The van der Waals surface area contributed by atoms with E-state index in [9.17, 15) is 14.7 Å². The molecule has 1 atom stereocenters. The summed E-state index contributed by atoms with van der Waals surface area (Å²) < 4.78 is 0. The third-order valence-electron chi connectivity index (χ3n) is 2.67. The number of nitrogens with zero attached hydrogens (tertiary/aromatic N) is 1. The Hall–Kier alpha value is -2.63. The van der Waals surface area contributed by atoms with Crippen LogP contribution in [0.4, 0.5) is 0 Å². The highest BCUT2D eigenvalue weighted by atomic mass is 16.3. The summed E-state index contributed by atoms with van der Waals surface area (Å²) in [6.07, 6.45) is 1.25. The average Bonchev–Trinajstić information content (AvgIpc) is 2.38. The predicted molar refractivity (Wildman–Crippen MR) is 71.8 cm³/mol. The largest absolute Gasteiger partial charge is 0.494 e. The highest BCUT2D eigenvalue weighted by molar-refractivity contribution is 5.81. The van der Waals surface area contributed by atoms with Gasteiger partial charge in [-0.05, 0) is 12.5 Å². The first-order valence-corrected chi connectivity index (χ1v) is 5.71. The molecule has 0 aliphatic rings. The Kier molecular flexibility index (Phi) is 3.61. The number of aliphatic imine (C=N–C) groups is 1. The van der Waals surface area contributed by atoms with Crippen molar-refractivity contribution in [3.05, 3.63) is 62.3 Å². The van der Waals surface area contributed by atoms with Gasteiger partial charge < -0.3 is 5.11 Å². The van der Waals surface area contributed by atoms with Crippen molar-refractivity contribution in [1.29, 1.82) is 0 Å². The molecule has 0 fully saturated rings. The van der Waals surface area contributed by atoms with E-state index < -0.39 is 17.1 Å². The van der Waals surface area contributed by atoms with Crippen molar-refractivity contribution in [1.82, 2.24) is 9.97 Å². The van der Waals surface area contributed by atoms with Crippen LogP contribution in [-0.4, -0.2) is 21.3 Å². The molecular weight excluding hydrogens is 246 g/mol. The normalized spacial score (nSPS) is 12.7. The van der Waals surface area contributed by atoms with Crippen molar-refractivity contribution in [2.45, 2.75) is 13.0 Å². The van der Waals surface area contributed by atoms with Gasteiger partial charge in [0.25, 0.3) is 5.56 Å². The number of rotatable bonds is 3. The second kappa shape index (κ2) is 5.34. The minimum atomic E-state index is -0.754. The first-order valence-electron chi connectivity index (χ1n) is 5.71. The van der Waals surface area contributed by atoms with E-state index in [1.54, 1.807) is 0 Å². The molecule has 0 saturated carbocycles. The fourth-order valence-electron chi connectivity index (χ4n) is 1.61. The fraction of sp³-hybridized carbons (Fsp3) is 0.154. The second-order valence-corrected chi connectivity index (χ2v) is 4.04. The summed E-state index contributed by atoms with van der Waals surface area (Å²) in [6, 6.07) is 9.36. The summed E-state index contributed by atoms with van der Waals surface area (Å²) in [5.41, 5.74) is -0.512. The van der Waals surface area contributed by atoms with Gasteiger partial charge in [-0.1, -0.05) is 30.3 Å². The Bertz CT molecular complexity index is 701. The lowest BCUT2D eigenvalue weighted by Gasteiger charge is -2.05. The van der Waals surface area contributed by atoms with Crippen LogP contribution in [0.1, 0.15) is 24.1 Å². The van der Waals surface area contributed by atoms with E-state index in [-0.39, 0.29) is 11.6 Å². The Morgan fingerprint density at radius 3 is 2.53 bits per heavy atom. The molecular formula is C13H13N3O3. The zero-order chi connectivity index (χ0) is 13.8. The number of aromatic hydroxyl groups is 1. The lowest BCUT2D eigenvalue weighted by molar-refractivity contribution is 0.447. The van der Waals surface area contributed by atoms with Crippen LogP contribution in [0.3, 0.4) is 0 Å². The SMILES string of the molecule is C[C@@H](N=Cc1c(O)[nH]c(=O)[nH]c1=O)c1ccccc1. The molecule has 0 spiro atoms. The summed E-state index contributed by atoms with van der Waals surface area (Å²) >= 11 is 0. The molecule has 1 heterocycles. The van der Waals surface area contributed by atoms with Crippen molar-refractivity contribution in [2.75, 3.05) is 0 Å². The van der Waals surface area contributed by atoms with Crippen molar-refractivity contribution in [3.63, 3.8) is 0 Å². The van der Waals surface area contributed by atoms with Crippen molar-refractivity contribution in [2.24, 2.45) is 4.99 Å². The number of hydrogen-bond donors (Lipinski definition) is 3. The standard InChI is InChI=1S/C13H13N3O3/c1-8(9-5-3-2-4-6-9)14-7-10-11(17)15-13(19)16-12(10)18/h2-8H,1H3,(H3,15,16,17,18,19)/t8-/m1/s1. The lowest BCUT2D eigenvalue weighted by Crippen LogP contribution is -2.24. The Morgan fingerprint density at radius 2 is 1.89 bits per heavy atom. The molecule has 6 heteroatoms. The second-order valence-electron chi connectivity index (χ2n) is 4.04. The van der Waals surface area contributed by atoms with E-state index in [0.717, 1.165) is 5.56 Å². The maximum atomic E-state index is 11.5. The lowest BCUT2D eigenvalue weighted by atomic mass is 10.1. The van der Waals surface area contributed by atoms with Crippen LogP contribution in [0.15, 0.2) is 44.9 Å². The number of H-pyrrole nitrogens is 2. The number of nitrogens with one attached hydrogen (secondary N) is 2. The van der Waals surface area contributed by atoms with Gasteiger partial charge in [0.15, 0.2) is 0 Å². The van der Waals surface area contributed by atoms with Crippen LogP contribution in [0.5, 0.6) is 5.88 Å². The van der Waals surface area contributed by atoms with Crippen LogP contribution in [0.25, 0.3) is 0 Å². The number of benzene rings is 1. The van der Waals surface area contributed by atoms with Crippen molar-refractivity contribution < 1.29 is 5.11 Å². The topological polar surface area (TPSA) is 98.3 Å². The molecule has 0 radical (unpaired) electrons. The molecule has 1 aromatic carbocycles. The van der Waals surface area contributed by atoms with Gasteiger partial charge in [0.1, 0.15) is 5.56 Å². The first-order chi connectivity index (χ1) is 9.08. The zero-order valence-electron chi connectivity index (χ0n) is 10.3. The molecule has 0 aliphatic carbocycles. The summed E-state index contributed by atoms with van der Waals surface area (Å²) in [6.45, 7) is 1.86. The number of aromatic nitrogens is 2. The number of aromatic amines is 2. The smallest absolute Gasteiger partial charge is 0.328 e. The molecule has 0 aliphatic heterocycles. The van der Waals surface area contributed by atoms with Gasteiger partial charge >= 0.3 is 5.69 Å². The minimum Gasteiger partial charge on any atom is -0.494 e. The molecule has 0 saturated heterocycles. The van der Waals surface area contributed by atoms with Crippen LogP contribution < -0.4 is 11.2 Å². The maximum Gasteiger partial charge on any atom is 0.328 e. The molecule has 2 aromatic rings. The third-order valence-corrected chi connectivity index (χ3v) is 2.67. The quantitative estimate of drug-likeness (QED) is 0.715. The van der Waals surface area contributed by atoms with E-state index in [0.29, 0.717) is 0 Å². The zero-order valence-corrected chi connectivity index (χ0v) is 10.3.